The van der Waals surface area contributed by atoms with Gasteiger partial charge in [0, 0.05) is 29.9 Å². The molecule has 2 N–H and O–H groups in total. The van der Waals surface area contributed by atoms with E-state index in [1.165, 1.54) is 13.2 Å². The maximum atomic E-state index is 14.1. The minimum absolute atomic E-state index is 0.0775. The van der Waals surface area contributed by atoms with E-state index in [9.17, 15) is 18.3 Å². The van der Waals surface area contributed by atoms with Gasteiger partial charge in [-0.25, -0.2) is 8.42 Å². The zero-order valence-electron chi connectivity index (χ0n) is 24.0. The molecule has 4 rings (SSSR count). The lowest BCUT2D eigenvalue weighted by Gasteiger charge is -2.32. The Morgan fingerprint density at radius 1 is 0.951 bits per heavy atom. The molecule has 3 aromatic rings. The number of benzene rings is 3. The summed E-state index contributed by atoms with van der Waals surface area (Å²) in [6, 6.07) is 16.7. The number of methoxy groups -OCH3 is 1. The molecule has 3 aromatic carbocycles. The Labute approximate surface area is 242 Å². The van der Waals surface area contributed by atoms with Crippen molar-refractivity contribution in [2.45, 2.75) is 50.3 Å². The van der Waals surface area contributed by atoms with Crippen molar-refractivity contribution in [2.75, 3.05) is 38.1 Å². The van der Waals surface area contributed by atoms with E-state index in [4.69, 9.17) is 14.2 Å². The predicted octanol–water partition coefficient (Wildman–Crippen LogP) is 5.58. The minimum atomic E-state index is -4.31. The highest BCUT2D eigenvalue weighted by atomic mass is 32.2. The van der Waals surface area contributed by atoms with Crippen LogP contribution in [0, 0.1) is 0 Å². The summed E-state index contributed by atoms with van der Waals surface area (Å²) in [5.74, 6) is 0.337. The monoisotopic (exact) mass is 582 g/mol. The Morgan fingerprint density at radius 3 is 2.20 bits per heavy atom. The van der Waals surface area contributed by atoms with E-state index >= 15 is 0 Å². The second-order valence-corrected chi connectivity index (χ2v) is 12.5. The lowest BCUT2D eigenvalue weighted by molar-refractivity contribution is 0.0720. The van der Waals surface area contributed by atoms with Crippen molar-refractivity contribution < 1.29 is 32.5 Å². The summed E-state index contributed by atoms with van der Waals surface area (Å²) in [5.41, 5.74) is 0.384. The van der Waals surface area contributed by atoms with Gasteiger partial charge in [-0.2, -0.15) is 0 Å². The third kappa shape index (κ3) is 6.94. The smallest absolute Gasteiger partial charge is 0.265 e. The molecule has 1 heterocycles. The van der Waals surface area contributed by atoms with Crippen LogP contribution in [0.5, 0.6) is 23.0 Å². The maximum Gasteiger partial charge on any atom is 0.265 e. The van der Waals surface area contributed by atoms with Gasteiger partial charge in [0.15, 0.2) is 23.0 Å². The summed E-state index contributed by atoms with van der Waals surface area (Å²) < 4.78 is 48.6. The molecule has 0 unspecified atom stereocenters. The number of likely N-dealkylation sites (tertiary alicyclic amines) is 1. The van der Waals surface area contributed by atoms with Gasteiger partial charge in [0.05, 0.1) is 13.7 Å². The normalized spacial score (nSPS) is 13.9. The molecule has 10 heteroatoms. The SMILES string of the molecule is COc1ccccc1Oc1c(S(=O)(=O)Nc2ccccc2)cc(C(=O)N2CCCCC2)c(C(C)(C)C)c1OCCO. The summed E-state index contributed by atoms with van der Waals surface area (Å²) in [6.07, 6.45) is 2.79. The van der Waals surface area contributed by atoms with E-state index < -0.39 is 15.4 Å². The zero-order valence-corrected chi connectivity index (χ0v) is 24.8. The number of carbonyl (C=O) groups is 1. The van der Waals surface area contributed by atoms with Gasteiger partial charge in [0.25, 0.3) is 15.9 Å². The maximum absolute atomic E-state index is 14.1. The van der Waals surface area contributed by atoms with Crippen molar-refractivity contribution in [1.82, 2.24) is 4.90 Å². The number of hydrogen-bond acceptors (Lipinski definition) is 7. The summed E-state index contributed by atoms with van der Waals surface area (Å²) >= 11 is 0. The largest absolute Gasteiger partial charge is 0.493 e. The molecular formula is C31H38N2O7S. The van der Waals surface area contributed by atoms with Crippen LogP contribution >= 0.6 is 0 Å². The van der Waals surface area contributed by atoms with Crippen LogP contribution in [0.25, 0.3) is 0 Å². The standard InChI is InChI=1S/C31H38N2O7S/c1-31(2,3)27-23(30(35)33-17-11-6-12-18-33)21-26(41(36,37)32-22-13-7-5-8-14-22)28(29(27)39-20-19-34)40-25-16-10-9-15-24(25)38-4/h5,7-10,13-16,21,32,34H,6,11-12,17-20H2,1-4H3. The highest BCUT2D eigenvalue weighted by Gasteiger charge is 2.37. The molecule has 0 radical (unpaired) electrons. The number of nitrogens with zero attached hydrogens (tertiary/aromatic N) is 1. The first-order valence-electron chi connectivity index (χ1n) is 13.7. The van der Waals surface area contributed by atoms with E-state index in [2.05, 4.69) is 4.72 Å². The second-order valence-electron chi connectivity index (χ2n) is 10.9. The summed E-state index contributed by atoms with van der Waals surface area (Å²) in [4.78, 5) is 15.5. The highest BCUT2D eigenvalue weighted by molar-refractivity contribution is 7.92. The second kappa shape index (κ2) is 12.8. The fraction of sp³-hybridized carbons (Fsp3) is 0.387. The summed E-state index contributed by atoms with van der Waals surface area (Å²) in [6.45, 7) is 6.46. The number of amides is 1. The molecule has 0 saturated carbocycles. The van der Waals surface area contributed by atoms with Gasteiger partial charge in [-0.15, -0.1) is 0 Å². The fourth-order valence-corrected chi connectivity index (χ4v) is 6.12. The number of carbonyl (C=O) groups excluding carboxylic acids is 1. The van der Waals surface area contributed by atoms with Gasteiger partial charge in [-0.05, 0) is 55.0 Å². The number of aliphatic hydroxyl groups excluding tert-OH is 1. The van der Waals surface area contributed by atoms with Crippen LogP contribution in [-0.2, 0) is 15.4 Å². The Balaban J connectivity index is 2.03. The van der Waals surface area contributed by atoms with Crippen LogP contribution in [0.15, 0.2) is 65.6 Å². The molecule has 1 saturated heterocycles. The molecule has 0 bridgehead atoms. The summed E-state index contributed by atoms with van der Waals surface area (Å²) in [7, 11) is -2.82. The van der Waals surface area contributed by atoms with Crippen LogP contribution in [0.3, 0.4) is 0 Å². The molecule has 0 aliphatic carbocycles. The number of ether oxygens (including phenoxy) is 3. The van der Waals surface area contributed by atoms with Gasteiger partial charge >= 0.3 is 0 Å². The predicted molar refractivity (Wildman–Crippen MR) is 158 cm³/mol. The zero-order chi connectivity index (χ0) is 29.6. The van der Waals surface area contributed by atoms with Crippen LogP contribution < -0.4 is 18.9 Å². The topological polar surface area (TPSA) is 114 Å². The van der Waals surface area contributed by atoms with Crippen molar-refractivity contribution in [3.05, 3.63) is 71.8 Å². The third-order valence-electron chi connectivity index (χ3n) is 6.76. The Kier molecular flexibility index (Phi) is 9.45. The van der Waals surface area contributed by atoms with Crippen molar-refractivity contribution in [2.24, 2.45) is 0 Å². The molecular weight excluding hydrogens is 544 g/mol. The van der Waals surface area contributed by atoms with E-state index in [1.54, 1.807) is 59.5 Å². The highest BCUT2D eigenvalue weighted by Crippen LogP contribution is 2.48. The van der Waals surface area contributed by atoms with Crippen LogP contribution in [0.4, 0.5) is 5.69 Å². The fourth-order valence-electron chi connectivity index (χ4n) is 4.91. The van der Waals surface area contributed by atoms with Gasteiger partial charge < -0.3 is 24.2 Å². The molecule has 0 spiro atoms. The third-order valence-corrected chi connectivity index (χ3v) is 8.15. The Morgan fingerprint density at radius 2 is 1.59 bits per heavy atom. The number of sulfonamides is 1. The van der Waals surface area contributed by atoms with Gasteiger partial charge in [0.2, 0.25) is 0 Å². The average molecular weight is 583 g/mol. The number of hydrogen-bond donors (Lipinski definition) is 2. The number of aliphatic hydroxyl groups is 1. The first kappa shape index (κ1) is 30.2. The quantitative estimate of drug-likeness (QED) is 0.321. The summed E-state index contributed by atoms with van der Waals surface area (Å²) in [5, 5.41) is 9.70. The van der Waals surface area contributed by atoms with E-state index in [0.29, 0.717) is 30.1 Å². The van der Waals surface area contributed by atoms with Gasteiger partial charge in [0.1, 0.15) is 11.5 Å². The van der Waals surface area contributed by atoms with Crippen molar-refractivity contribution in [3.8, 4) is 23.0 Å². The first-order valence-corrected chi connectivity index (χ1v) is 15.2. The van der Waals surface area contributed by atoms with E-state index in [0.717, 1.165) is 19.3 Å². The number of para-hydroxylation sites is 3. The van der Waals surface area contributed by atoms with Crippen LogP contribution in [-0.4, -0.2) is 57.7 Å². The number of rotatable bonds is 10. The molecule has 1 aliphatic rings. The van der Waals surface area contributed by atoms with Crippen molar-refractivity contribution >= 4 is 21.6 Å². The van der Waals surface area contributed by atoms with Gasteiger partial charge in [-0.1, -0.05) is 51.1 Å². The van der Waals surface area contributed by atoms with Crippen molar-refractivity contribution in [1.29, 1.82) is 0 Å². The Bertz CT molecular complexity index is 1460. The molecule has 9 nitrogen and oxygen atoms in total. The molecule has 0 atom stereocenters. The average Bonchev–Trinajstić information content (AvgIpc) is 2.96. The van der Waals surface area contributed by atoms with E-state index in [1.807, 2.05) is 20.8 Å². The number of nitrogens with one attached hydrogen (secondary N) is 1. The number of anilines is 1. The molecule has 0 aromatic heterocycles. The lowest BCUT2D eigenvalue weighted by atomic mass is 9.82. The minimum Gasteiger partial charge on any atom is -0.493 e. The first-order chi connectivity index (χ1) is 19.6. The molecule has 1 aliphatic heterocycles. The molecule has 41 heavy (non-hydrogen) atoms. The molecule has 1 fully saturated rings. The Hall–Kier alpha value is -3.76. The lowest BCUT2D eigenvalue weighted by Crippen LogP contribution is -2.37. The van der Waals surface area contributed by atoms with Crippen molar-refractivity contribution in [3.63, 3.8) is 0 Å². The van der Waals surface area contributed by atoms with Crippen LogP contribution in [0.1, 0.15) is 56.0 Å². The van der Waals surface area contributed by atoms with Crippen LogP contribution in [0.2, 0.25) is 0 Å². The van der Waals surface area contributed by atoms with Gasteiger partial charge in [-0.3, -0.25) is 9.52 Å². The molecule has 1 amide bonds. The molecule has 220 valence electrons. The van der Waals surface area contributed by atoms with E-state index in [-0.39, 0.29) is 46.8 Å². The number of piperidine rings is 1.